The van der Waals surface area contributed by atoms with E-state index in [9.17, 15) is 12.8 Å². The largest absolute Gasteiger partial charge is 0.398 e. The van der Waals surface area contributed by atoms with Crippen LogP contribution in [0.1, 0.15) is 33.6 Å². The molecule has 0 saturated heterocycles. The van der Waals surface area contributed by atoms with Gasteiger partial charge in [-0.3, -0.25) is 0 Å². The fraction of sp³-hybridized carbons (Fsp3) is 0.500. The molecule has 0 fully saturated rings. The standard InChI is InChI=1S/C12H18BrFN2O2S/c1-4-12(3,5-2)16-19(17,18)11-7-10(15)8(13)6-9(11)14/h6-7,16H,4-5,15H2,1-3H3. The van der Waals surface area contributed by atoms with Crippen LogP contribution in [-0.4, -0.2) is 14.0 Å². The smallest absolute Gasteiger partial charge is 0.244 e. The summed E-state index contributed by atoms with van der Waals surface area (Å²) in [4.78, 5) is -0.429. The Kier molecular flexibility index (Phi) is 4.97. The quantitative estimate of drug-likeness (QED) is 0.800. The van der Waals surface area contributed by atoms with Crippen molar-refractivity contribution in [2.75, 3.05) is 5.73 Å². The minimum atomic E-state index is -3.94. The van der Waals surface area contributed by atoms with Crippen LogP contribution in [-0.2, 0) is 10.0 Å². The molecular weight excluding hydrogens is 335 g/mol. The third-order valence-corrected chi connectivity index (χ3v) is 5.62. The van der Waals surface area contributed by atoms with Crippen molar-refractivity contribution in [1.29, 1.82) is 0 Å². The fourth-order valence-electron chi connectivity index (χ4n) is 1.52. The lowest BCUT2D eigenvalue weighted by Gasteiger charge is -2.27. The van der Waals surface area contributed by atoms with E-state index in [4.69, 9.17) is 5.73 Å². The number of hydrogen-bond acceptors (Lipinski definition) is 3. The maximum Gasteiger partial charge on any atom is 0.244 e. The minimum absolute atomic E-state index is 0.177. The van der Waals surface area contributed by atoms with E-state index in [1.165, 1.54) is 0 Å². The van der Waals surface area contributed by atoms with E-state index >= 15 is 0 Å². The van der Waals surface area contributed by atoms with E-state index in [0.29, 0.717) is 17.3 Å². The van der Waals surface area contributed by atoms with Crippen molar-refractivity contribution in [3.8, 4) is 0 Å². The van der Waals surface area contributed by atoms with Gasteiger partial charge in [0.15, 0.2) is 0 Å². The van der Waals surface area contributed by atoms with Gasteiger partial charge < -0.3 is 5.73 Å². The Bertz CT molecular complexity index is 571. The molecule has 0 bridgehead atoms. The molecule has 0 amide bonds. The number of halogens is 2. The molecule has 1 aromatic carbocycles. The summed E-state index contributed by atoms with van der Waals surface area (Å²) in [5.41, 5.74) is 5.18. The summed E-state index contributed by atoms with van der Waals surface area (Å²) in [5, 5.41) is 0. The van der Waals surface area contributed by atoms with Crippen molar-refractivity contribution < 1.29 is 12.8 Å². The highest BCUT2D eigenvalue weighted by Crippen LogP contribution is 2.27. The van der Waals surface area contributed by atoms with E-state index in [-0.39, 0.29) is 5.69 Å². The van der Waals surface area contributed by atoms with Gasteiger partial charge in [0.1, 0.15) is 10.7 Å². The first-order valence-corrected chi connectivity index (χ1v) is 8.21. The Morgan fingerprint density at radius 1 is 1.37 bits per heavy atom. The third kappa shape index (κ3) is 3.67. The number of anilines is 1. The maximum atomic E-state index is 13.8. The molecule has 1 aromatic rings. The number of hydrogen-bond donors (Lipinski definition) is 2. The second kappa shape index (κ2) is 5.76. The van der Waals surface area contributed by atoms with Crippen LogP contribution in [0, 0.1) is 5.82 Å². The molecule has 0 heterocycles. The molecule has 108 valence electrons. The second-order valence-corrected chi connectivity index (χ2v) is 7.18. The zero-order valence-corrected chi connectivity index (χ0v) is 13.5. The van der Waals surface area contributed by atoms with Crippen LogP contribution in [0.2, 0.25) is 0 Å². The van der Waals surface area contributed by atoms with Crippen LogP contribution in [0.3, 0.4) is 0 Å². The zero-order valence-electron chi connectivity index (χ0n) is 11.1. The average molecular weight is 353 g/mol. The number of sulfonamides is 1. The number of nitrogen functional groups attached to an aromatic ring is 1. The van der Waals surface area contributed by atoms with Gasteiger partial charge in [-0.05, 0) is 47.8 Å². The summed E-state index contributed by atoms with van der Waals surface area (Å²) in [6.07, 6.45) is 1.21. The molecule has 0 aliphatic rings. The molecule has 3 N–H and O–H groups in total. The number of nitrogens with one attached hydrogen (secondary N) is 1. The van der Waals surface area contributed by atoms with Gasteiger partial charge in [0, 0.05) is 15.7 Å². The van der Waals surface area contributed by atoms with Crippen molar-refractivity contribution in [1.82, 2.24) is 4.72 Å². The zero-order chi connectivity index (χ0) is 14.8. The van der Waals surface area contributed by atoms with Crippen LogP contribution in [0.15, 0.2) is 21.5 Å². The summed E-state index contributed by atoms with van der Waals surface area (Å²) in [6, 6.07) is 2.17. The Morgan fingerprint density at radius 2 is 1.89 bits per heavy atom. The first-order chi connectivity index (χ1) is 8.65. The van der Waals surface area contributed by atoms with Gasteiger partial charge in [-0.15, -0.1) is 0 Å². The van der Waals surface area contributed by atoms with Gasteiger partial charge in [0.25, 0.3) is 0 Å². The Balaban J connectivity index is 3.25. The van der Waals surface area contributed by atoms with E-state index in [0.717, 1.165) is 12.1 Å². The normalized spacial score (nSPS) is 12.7. The fourth-order valence-corrected chi connectivity index (χ4v) is 3.49. The van der Waals surface area contributed by atoms with Crippen LogP contribution in [0.4, 0.5) is 10.1 Å². The van der Waals surface area contributed by atoms with E-state index < -0.39 is 26.3 Å². The predicted molar refractivity (Wildman–Crippen MR) is 77.8 cm³/mol. The highest BCUT2D eigenvalue weighted by Gasteiger charge is 2.29. The lowest BCUT2D eigenvalue weighted by atomic mass is 9.98. The van der Waals surface area contributed by atoms with Gasteiger partial charge in [-0.1, -0.05) is 13.8 Å². The minimum Gasteiger partial charge on any atom is -0.398 e. The van der Waals surface area contributed by atoms with Crippen molar-refractivity contribution >= 4 is 31.6 Å². The highest BCUT2D eigenvalue weighted by molar-refractivity contribution is 9.10. The number of nitrogens with two attached hydrogens (primary N) is 1. The van der Waals surface area contributed by atoms with Crippen molar-refractivity contribution in [2.24, 2.45) is 0 Å². The first-order valence-electron chi connectivity index (χ1n) is 5.93. The van der Waals surface area contributed by atoms with Gasteiger partial charge in [-0.2, -0.15) is 0 Å². The molecule has 0 aliphatic carbocycles. The molecule has 0 aliphatic heterocycles. The molecule has 7 heteroatoms. The molecule has 1 rings (SSSR count). The average Bonchev–Trinajstić information content (AvgIpc) is 2.33. The molecule has 0 unspecified atom stereocenters. The Morgan fingerprint density at radius 3 is 2.37 bits per heavy atom. The molecule has 4 nitrogen and oxygen atoms in total. The van der Waals surface area contributed by atoms with Gasteiger partial charge in [-0.25, -0.2) is 17.5 Å². The number of rotatable bonds is 5. The van der Waals surface area contributed by atoms with Gasteiger partial charge >= 0.3 is 0 Å². The van der Waals surface area contributed by atoms with Crippen LogP contribution >= 0.6 is 15.9 Å². The molecule has 0 saturated carbocycles. The van der Waals surface area contributed by atoms with Crippen molar-refractivity contribution in [2.45, 2.75) is 44.0 Å². The highest BCUT2D eigenvalue weighted by atomic mass is 79.9. The monoisotopic (exact) mass is 352 g/mol. The maximum absolute atomic E-state index is 13.8. The third-order valence-electron chi connectivity index (χ3n) is 3.28. The SMILES string of the molecule is CCC(C)(CC)NS(=O)(=O)c1cc(N)c(Br)cc1F. The van der Waals surface area contributed by atoms with Crippen LogP contribution in [0.25, 0.3) is 0 Å². The topological polar surface area (TPSA) is 72.2 Å². The number of benzene rings is 1. The predicted octanol–water partition coefficient (Wildman–Crippen LogP) is 3.03. The lowest BCUT2D eigenvalue weighted by Crippen LogP contribution is -2.45. The molecule has 0 radical (unpaired) electrons. The van der Waals surface area contributed by atoms with E-state index in [1.54, 1.807) is 6.92 Å². The van der Waals surface area contributed by atoms with Gasteiger partial charge in [0.05, 0.1) is 0 Å². The Labute approximate surface area is 121 Å². The summed E-state index contributed by atoms with van der Waals surface area (Å²) >= 11 is 3.06. The summed E-state index contributed by atoms with van der Waals surface area (Å²) in [7, 11) is -3.94. The first kappa shape index (κ1) is 16.4. The summed E-state index contributed by atoms with van der Waals surface area (Å²) in [6.45, 7) is 5.53. The van der Waals surface area contributed by atoms with E-state index in [1.807, 2.05) is 13.8 Å². The molecule has 0 aromatic heterocycles. The lowest BCUT2D eigenvalue weighted by molar-refractivity contribution is 0.387. The van der Waals surface area contributed by atoms with Crippen LogP contribution in [0.5, 0.6) is 0 Å². The Hall–Kier alpha value is -0.660. The van der Waals surface area contributed by atoms with Crippen LogP contribution < -0.4 is 10.5 Å². The molecule has 19 heavy (non-hydrogen) atoms. The molecule has 0 atom stereocenters. The van der Waals surface area contributed by atoms with Crippen molar-refractivity contribution in [3.63, 3.8) is 0 Å². The summed E-state index contributed by atoms with van der Waals surface area (Å²) < 4.78 is 41.1. The van der Waals surface area contributed by atoms with Crippen molar-refractivity contribution in [3.05, 3.63) is 22.4 Å². The molecule has 0 spiro atoms. The van der Waals surface area contributed by atoms with E-state index in [2.05, 4.69) is 20.7 Å². The molecular formula is C12H18BrFN2O2S. The second-order valence-electron chi connectivity index (χ2n) is 4.68. The van der Waals surface area contributed by atoms with Gasteiger partial charge in [0.2, 0.25) is 10.0 Å². The summed E-state index contributed by atoms with van der Waals surface area (Å²) in [5.74, 6) is -0.830.